The van der Waals surface area contributed by atoms with E-state index in [0.29, 0.717) is 31.4 Å². The number of aromatic nitrogens is 1. The van der Waals surface area contributed by atoms with Crippen LogP contribution < -0.4 is 4.90 Å². The first-order valence-corrected chi connectivity index (χ1v) is 11.9. The van der Waals surface area contributed by atoms with Crippen molar-refractivity contribution < 1.29 is 52.3 Å². The van der Waals surface area contributed by atoms with Crippen LogP contribution in [0.2, 0.25) is 0 Å². The van der Waals surface area contributed by atoms with Gasteiger partial charge in [-0.1, -0.05) is 24.3 Å². The van der Waals surface area contributed by atoms with Crippen LogP contribution in [-0.4, -0.2) is 56.5 Å². The average molecular weight is 556 g/mol. The Kier molecular flexibility index (Phi) is 13.9. The van der Waals surface area contributed by atoms with Crippen molar-refractivity contribution in [2.45, 2.75) is 44.9 Å². The molecule has 1 N–H and O–H groups in total. The molecule has 1 saturated carbocycles. The van der Waals surface area contributed by atoms with Crippen LogP contribution in [0.15, 0.2) is 42.6 Å². The van der Waals surface area contributed by atoms with Crippen LogP contribution in [0.25, 0.3) is 5.32 Å². The second kappa shape index (κ2) is 16.3. The molecular weight excluding hydrogens is 521 g/mol. The van der Waals surface area contributed by atoms with Crippen molar-refractivity contribution in [1.82, 2.24) is 4.98 Å². The number of ether oxygens (including phenoxy) is 2. The molecule has 35 heavy (non-hydrogen) atoms. The van der Waals surface area contributed by atoms with Crippen molar-refractivity contribution in [3.63, 3.8) is 0 Å². The van der Waals surface area contributed by atoms with Crippen LogP contribution in [0, 0.1) is 17.2 Å². The monoisotopic (exact) mass is 556 g/mol. The Hall–Kier alpha value is -1.44. The molecule has 1 radical (unpaired) electrons. The van der Waals surface area contributed by atoms with Gasteiger partial charge in [0.05, 0.1) is 31.7 Å². The van der Waals surface area contributed by atoms with Gasteiger partial charge in [0.1, 0.15) is 11.8 Å². The quantitative estimate of drug-likeness (QED) is 0.334. The summed E-state index contributed by atoms with van der Waals surface area (Å²) in [6, 6.07) is 14.8. The zero-order chi connectivity index (χ0) is 24.2. The van der Waals surface area contributed by atoms with Crippen molar-refractivity contribution in [2.75, 3.05) is 44.9 Å². The molecule has 0 amide bonds. The molecule has 2 heterocycles. The molecule has 8 nitrogen and oxygen atoms in total. The van der Waals surface area contributed by atoms with E-state index in [9.17, 15) is 0 Å². The van der Waals surface area contributed by atoms with Gasteiger partial charge in [0.15, 0.2) is 6.29 Å². The number of hydrogen-bond acceptors (Lipinski definition) is 7. The van der Waals surface area contributed by atoms with Crippen LogP contribution in [0.5, 0.6) is 0 Å². The number of benzene rings is 1. The fourth-order valence-corrected chi connectivity index (χ4v) is 3.85. The van der Waals surface area contributed by atoms with Gasteiger partial charge in [-0.3, -0.25) is 5.26 Å². The Balaban J connectivity index is 0.000000804. The molecule has 4 rings (SSSR count). The maximum atomic E-state index is 9.05. The van der Waals surface area contributed by atoms with Gasteiger partial charge in [-0.15, -0.1) is 6.54 Å². The molecule has 187 valence electrons. The molecule has 0 atom stereocenters. The van der Waals surface area contributed by atoms with Crippen LogP contribution in [0.4, 0.5) is 5.69 Å². The van der Waals surface area contributed by atoms with E-state index in [1.165, 1.54) is 24.0 Å². The Morgan fingerprint density at radius 1 is 1.17 bits per heavy atom. The average Bonchev–Trinajstić information content (AvgIpc) is 3.74. The predicted octanol–water partition coefficient (Wildman–Crippen LogP) is 4.71. The second-order valence-electron chi connectivity index (χ2n) is 8.62. The van der Waals surface area contributed by atoms with E-state index in [1.807, 2.05) is 13.1 Å². The second-order valence-corrected chi connectivity index (χ2v) is 8.62. The number of nitriles is 1. The van der Waals surface area contributed by atoms with Gasteiger partial charge in [0.25, 0.3) is 0 Å². The first-order chi connectivity index (χ1) is 16.7. The van der Waals surface area contributed by atoms with E-state index < -0.39 is 0 Å². The van der Waals surface area contributed by atoms with Gasteiger partial charge in [-0.2, -0.15) is 12.3 Å². The van der Waals surface area contributed by atoms with E-state index in [-0.39, 0.29) is 39.0 Å². The van der Waals surface area contributed by atoms with Gasteiger partial charge in [0, 0.05) is 52.2 Å². The van der Waals surface area contributed by atoms with Crippen molar-refractivity contribution in [3.05, 3.63) is 64.7 Å². The predicted molar refractivity (Wildman–Crippen MR) is 131 cm³/mol. The summed E-state index contributed by atoms with van der Waals surface area (Å²) in [6.07, 6.45) is 4.99. The SMILES string of the molecule is CCOO.C[N-]CC1COC(CCN(Cc2ccc(C3CC3)cc2)c2ccc(C#N)nc2)OC1.[Y]. The van der Waals surface area contributed by atoms with Crippen LogP contribution in [0.3, 0.4) is 0 Å². The fraction of sp³-hybridized carbons (Fsp3) is 0.538. The van der Waals surface area contributed by atoms with E-state index in [4.69, 9.17) is 20.0 Å². The van der Waals surface area contributed by atoms with Gasteiger partial charge >= 0.3 is 0 Å². The van der Waals surface area contributed by atoms with E-state index in [1.54, 1.807) is 19.2 Å². The van der Waals surface area contributed by atoms with Gasteiger partial charge < -0.3 is 19.7 Å². The van der Waals surface area contributed by atoms with Crippen LogP contribution in [-0.2, 0) is 53.6 Å². The smallest absolute Gasteiger partial charge is 0.159 e. The minimum absolute atomic E-state index is 0. The molecule has 1 aliphatic heterocycles. The third-order valence-electron chi connectivity index (χ3n) is 5.87. The Morgan fingerprint density at radius 2 is 1.86 bits per heavy atom. The maximum absolute atomic E-state index is 9.05. The molecule has 2 aromatic rings. The van der Waals surface area contributed by atoms with Crippen molar-refractivity contribution in [1.29, 1.82) is 5.26 Å². The summed E-state index contributed by atoms with van der Waals surface area (Å²) in [7, 11) is 1.83. The number of hydrogen-bond donors (Lipinski definition) is 1. The summed E-state index contributed by atoms with van der Waals surface area (Å²) in [4.78, 5) is 10.1. The first-order valence-electron chi connectivity index (χ1n) is 11.9. The number of nitrogens with zero attached hydrogens (tertiary/aromatic N) is 4. The van der Waals surface area contributed by atoms with Crippen molar-refractivity contribution >= 4 is 5.69 Å². The minimum Gasteiger partial charge on any atom is -0.665 e. The maximum Gasteiger partial charge on any atom is 0.159 e. The molecular formula is C26H35N4O4Y-. The zero-order valence-electron chi connectivity index (χ0n) is 20.7. The molecule has 1 aromatic heterocycles. The van der Waals surface area contributed by atoms with E-state index in [2.05, 4.69) is 50.4 Å². The van der Waals surface area contributed by atoms with Crippen molar-refractivity contribution in [2.24, 2.45) is 5.92 Å². The van der Waals surface area contributed by atoms with Gasteiger partial charge in [-0.25, -0.2) is 9.87 Å². The summed E-state index contributed by atoms with van der Waals surface area (Å²) >= 11 is 0. The van der Waals surface area contributed by atoms with Gasteiger partial charge in [-0.05, 0) is 54.9 Å². The first kappa shape index (κ1) is 29.8. The zero-order valence-corrected chi connectivity index (χ0v) is 23.5. The standard InChI is InChI=1S/C24H29N4O2.C2H6O2.Y/c1-26-13-19-16-29-24(30-17-19)10-11-28(23-9-8-22(12-25)27-14-23)15-18-2-4-20(5-3-18)21-6-7-21;1-2-4-3;/h2-5,8-9,14,19,21,24H,6-7,10-11,13,15-17H2,1H3;3H,2H2,1H3;/q-1;;. The summed E-state index contributed by atoms with van der Waals surface area (Å²) < 4.78 is 11.8. The van der Waals surface area contributed by atoms with E-state index in [0.717, 1.165) is 37.7 Å². The molecule has 9 heteroatoms. The molecule has 1 saturated heterocycles. The Morgan fingerprint density at radius 3 is 2.37 bits per heavy atom. The van der Waals surface area contributed by atoms with Crippen LogP contribution >= 0.6 is 0 Å². The number of rotatable bonds is 10. The molecule has 1 aromatic carbocycles. The Labute approximate surface area is 233 Å². The fourth-order valence-electron chi connectivity index (χ4n) is 3.85. The summed E-state index contributed by atoms with van der Waals surface area (Å²) in [5.74, 6) is 1.12. The largest absolute Gasteiger partial charge is 0.665 e. The molecule has 0 bridgehead atoms. The number of anilines is 1. The normalized spacial score (nSPS) is 19.0. The van der Waals surface area contributed by atoms with E-state index >= 15 is 0 Å². The molecule has 0 spiro atoms. The molecule has 1 aliphatic carbocycles. The summed E-state index contributed by atoms with van der Waals surface area (Å²) in [5.41, 5.74) is 4.14. The molecule has 2 fully saturated rings. The third kappa shape index (κ3) is 10.2. The van der Waals surface area contributed by atoms with Gasteiger partial charge in [0.2, 0.25) is 0 Å². The number of pyridine rings is 1. The summed E-state index contributed by atoms with van der Waals surface area (Å²) in [6.45, 7) is 5.83. The third-order valence-corrected chi connectivity index (χ3v) is 5.87. The van der Waals surface area contributed by atoms with Crippen molar-refractivity contribution in [3.8, 4) is 6.07 Å². The molecule has 2 aliphatic rings. The summed E-state index contributed by atoms with van der Waals surface area (Å²) in [5, 5.41) is 20.6. The molecule has 0 unspecified atom stereocenters. The minimum atomic E-state index is -0.191. The topological polar surface area (TPSA) is 102 Å². The Bertz CT molecular complexity index is 878. The van der Waals surface area contributed by atoms with Crippen LogP contribution in [0.1, 0.15) is 48.9 Å².